The maximum absolute atomic E-state index is 13.6. The summed E-state index contributed by atoms with van der Waals surface area (Å²) in [5.74, 6) is -0.386. The van der Waals surface area contributed by atoms with Crippen molar-refractivity contribution in [1.82, 2.24) is 9.38 Å². The molecule has 0 amide bonds. The lowest BCUT2D eigenvalue weighted by Gasteiger charge is -2.38. The third kappa shape index (κ3) is 4.72. The Labute approximate surface area is 227 Å². The standard InChI is InChI=1S/C31H31N5O3/c1-20-17-25(22(3)33-26-12-8-7-11-24(26)30(38)39)28-34-27(21(2)29(37)36(28)18-20)35-15-13-31(19-32,14-16-35)23-9-5-4-6-10-23/h4-12,17-18,22,33H,13-16H2,1-3H3,(H,38,39)/t22-/m0/s1. The van der Waals surface area contributed by atoms with Crippen LogP contribution in [-0.2, 0) is 5.41 Å². The first-order chi connectivity index (χ1) is 18.7. The Hall–Kier alpha value is -4.64. The van der Waals surface area contributed by atoms with Gasteiger partial charge in [-0.1, -0.05) is 42.5 Å². The van der Waals surface area contributed by atoms with Crippen LogP contribution in [0.5, 0.6) is 0 Å². The van der Waals surface area contributed by atoms with Crippen molar-refractivity contribution in [2.24, 2.45) is 0 Å². The molecule has 3 heterocycles. The van der Waals surface area contributed by atoms with Gasteiger partial charge in [0.25, 0.3) is 5.56 Å². The fourth-order valence-electron chi connectivity index (χ4n) is 5.54. The van der Waals surface area contributed by atoms with Crippen molar-refractivity contribution < 1.29 is 9.90 Å². The Bertz CT molecular complexity index is 1650. The average Bonchev–Trinajstić information content (AvgIpc) is 2.95. The molecule has 5 rings (SSSR count). The molecule has 39 heavy (non-hydrogen) atoms. The molecule has 0 spiro atoms. The third-order valence-electron chi connectivity index (χ3n) is 7.74. The number of aromatic carboxylic acids is 1. The molecule has 0 radical (unpaired) electrons. The minimum Gasteiger partial charge on any atom is -0.478 e. The zero-order valence-corrected chi connectivity index (χ0v) is 22.3. The van der Waals surface area contributed by atoms with Gasteiger partial charge in [-0.3, -0.25) is 9.20 Å². The molecule has 2 aromatic heterocycles. The van der Waals surface area contributed by atoms with E-state index in [4.69, 9.17) is 4.98 Å². The summed E-state index contributed by atoms with van der Waals surface area (Å²) in [4.78, 5) is 32.4. The summed E-state index contributed by atoms with van der Waals surface area (Å²) >= 11 is 0. The van der Waals surface area contributed by atoms with Crippen molar-refractivity contribution in [3.63, 3.8) is 0 Å². The number of carbonyl (C=O) groups is 1. The third-order valence-corrected chi connectivity index (χ3v) is 7.74. The average molecular weight is 522 g/mol. The summed E-state index contributed by atoms with van der Waals surface area (Å²) in [6.07, 6.45) is 3.06. The fourth-order valence-corrected chi connectivity index (χ4v) is 5.54. The van der Waals surface area contributed by atoms with E-state index in [1.165, 1.54) is 0 Å². The number of carboxylic acids is 1. The molecule has 0 bridgehead atoms. The summed E-state index contributed by atoms with van der Waals surface area (Å²) in [6, 6.07) is 20.9. The molecule has 2 aromatic carbocycles. The van der Waals surface area contributed by atoms with Crippen LogP contribution in [0.3, 0.4) is 0 Å². The predicted molar refractivity (Wildman–Crippen MR) is 152 cm³/mol. The van der Waals surface area contributed by atoms with Crippen molar-refractivity contribution >= 4 is 23.1 Å². The molecule has 1 aliphatic heterocycles. The van der Waals surface area contributed by atoms with E-state index in [1.54, 1.807) is 41.8 Å². The van der Waals surface area contributed by atoms with Crippen molar-refractivity contribution in [2.75, 3.05) is 23.3 Å². The van der Waals surface area contributed by atoms with E-state index >= 15 is 0 Å². The van der Waals surface area contributed by atoms with Crippen LogP contribution in [0.2, 0.25) is 0 Å². The van der Waals surface area contributed by atoms with E-state index in [-0.39, 0.29) is 17.2 Å². The quantitative estimate of drug-likeness (QED) is 0.357. The van der Waals surface area contributed by atoms with Gasteiger partial charge in [-0.15, -0.1) is 0 Å². The van der Waals surface area contributed by atoms with Gasteiger partial charge < -0.3 is 15.3 Å². The van der Waals surface area contributed by atoms with Gasteiger partial charge in [-0.05, 0) is 62.9 Å². The molecule has 0 saturated carbocycles. The van der Waals surface area contributed by atoms with Crippen LogP contribution in [0.15, 0.2) is 71.7 Å². The van der Waals surface area contributed by atoms with Crippen molar-refractivity contribution in [2.45, 2.75) is 45.1 Å². The zero-order chi connectivity index (χ0) is 27.7. The second kappa shape index (κ2) is 10.3. The van der Waals surface area contributed by atoms with E-state index in [0.717, 1.165) is 16.7 Å². The lowest BCUT2D eigenvalue weighted by molar-refractivity contribution is 0.0698. The number of piperidine rings is 1. The fraction of sp³-hybridized carbons (Fsp3) is 0.290. The van der Waals surface area contributed by atoms with Gasteiger partial charge in [0.2, 0.25) is 0 Å². The van der Waals surface area contributed by atoms with Crippen molar-refractivity contribution in [1.29, 1.82) is 5.26 Å². The number of nitrogens with zero attached hydrogens (tertiary/aromatic N) is 4. The number of anilines is 2. The molecule has 198 valence electrons. The number of carboxylic acid groups (broad SMARTS) is 1. The van der Waals surface area contributed by atoms with E-state index in [9.17, 15) is 20.0 Å². The number of hydrogen-bond acceptors (Lipinski definition) is 6. The summed E-state index contributed by atoms with van der Waals surface area (Å²) in [5, 5.41) is 23.0. The summed E-state index contributed by atoms with van der Waals surface area (Å²) in [7, 11) is 0. The highest BCUT2D eigenvalue weighted by atomic mass is 16.4. The van der Waals surface area contributed by atoms with Gasteiger partial charge in [0.05, 0.1) is 28.7 Å². The monoisotopic (exact) mass is 521 g/mol. The van der Waals surface area contributed by atoms with Crippen molar-refractivity contribution in [3.8, 4) is 6.07 Å². The molecule has 1 aliphatic rings. The highest BCUT2D eigenvalue weighted by Gasteiger charge is 2.37. The summed E-state index contributed by atoms with van der Waals surface area (Å²) in [5.41, 5.74) is 3.77. The number of benzene rings is 2. The van der Waals surface area contributed by atoms with E-state index in [0.29, 0.717) is 48.6 Å². The lowest BCUT2D eigenvalue weighted by atomic mass is 9.74. The minimum absolute atomic E-state index is 0.140. The number of fused-ring (bicyclic) bond motifs is 1. The minimum atomic E-state index is -1.01. The van der Waals surface area contributed by atoms with E-state index in [2.05, 4.69) is 16.3 Å². The van der Waals surface area contributed by atoms with Crippen LogP contribution >= 0.6 is 0 Å². The second-order valence-corrected chi connectivity index (χ2v) is 10.3. The Morgan fingerprint density at radius 2 is 1.77 bits per heavy atom. The molecule has 2 N–H and O–H groups in total. The Kier molecular flexibility index (Phi) is 6.83. The van der Waals surface area contributed by atoms with Crippen LogP contribution < -0.4 is 15.8 Å². The molecule has 0 unspecified atom stereocenters. The molecule has 0 aliphatic carbocycles. The number of nitrogens with one attached hydrogen (secondary N) is 1. The molecular formula is C31H31N5O3. The predicted octanol–water partition coefficient (Wildman–Crippen LogP) is 5.24. The number of rotatable bonds is 6. The van der Waals surface area contributed by atoms with E-state index < -0.39 is 11.4 Å². The van der Waals surface area contributed by atoms with Gasteiger partial charge in [0, 0.05) is 30.5 Å². The summed E-state index contributed by atoms with van der Waals surface area (Å²) < 4.78 is 1.58. The number of nitriles is 1. The van der Waals surface area contributed by atoms with Gasteiger partial charge >= 0.3 is 5.97 Å². The Morgan fingerprint density at radius 1 is 1.10 bits per heavy atom. The first kappa shape index (κ1) is 26.0. The molecule has 1 saturated heterocycles. The normalized spacial score (nSPS) is 15.5. The molecule has 8 nitrogen and oxygen atoms in total. The first-order valence-corrected chi connectivity index (χ1v) is 13.1. The van der Waals surface area contributed by atoms with Gasteiger partial charge in [-0.2, -0.15) is 5.26 Å². The van der Waals surface area contributed by atoms with Crippen LogP contribution in [0.1, 0.15) is 58.4 Å². The van der Waals surface area contributed by atoms with Crippen molar-refractivity contribution in [3.05, 3.63) is 105 Å². The number of para-hydroxylation sites is 1. The first-order valence-electron chi connectivity index (χ1n) is 13.1. The van der Waals surface area contributed by atoms with Gasteiger partial charge in [0.15, 0.2) is 0 Å². The van der Waals surface area contributed by atoms with Crippen LogP contribution in [0, 0.1) is 25.2 Å². The molecular weight excluding hydrogens is 490 g/mol. The Balaban J connectivity index is 1.52. The maximum Gasteiger partial charge on any atom is 0.337 e. The van der Waals surface area contributed by atoms with Crippen LogP contribution in [0.4, 0.5) is 11.5 Å². The number of aryl methyl sites for hydroxylation is 1. The van der Waals surface area contributed by atoms with Crippen LogP contribution in [0.25, 0.3) is 5.65 Å². The smallest absolute Gasteiger partial charge is 0.337 e. The van der Waals surface area contributed by atoms with E-state index in [1.807, 2.05) is 50.2 Å². The topological polar surface area (TPSA) is 111 Å². The zero-order valence-electron chi connectivity index (χ0n) is 22.3. The van der Waals surface area contributed by atoms with Crippen LogP contribution in [-0.4, -0.2) is 33.6 Å². The molecule has 4 aromatic rings. The maximum atomic E-state index is 13.6. The highest BCUT2D eigenvalue weighted by Crippen LogP contribution is 2.36. The number of aromatic nitrogens is 2. The molecule has 1 fully saturated rings. The lowest BCUT2D eigenvalue weighted by Crippen LogP contribution is -2.43. The largest absolute Gasteiger partial charge is 0.478 e. The SMILES string of the molecule is Cc1cc([C@H](C)Nc2ccccc2C(=O)O)c2nc(N3CCC(C#N)(c4ccccc4)CC3)c(C)c(=O)n2c1. The second-order valence-electron chi connectivity index (χ2n) is 10.3. The number of pyridine rings is 1. The summed E-state index contributed by atoms with van der Waals surface area (Å²) in [6.45, 7) is 6.86. The highest BCUT2D eigenvalue weighted by molar-refractivity contribution is 5.94. The number of hydrogen-bond donors (Lipinski definition) is 2. The molecule has 8 heteroatoms. The molecule has 1 atom stereocenters. The Morgan fingerprint density at radius 3 is 2.44 bits per heavy atom. The van der Waals surface area contributed by atoms with Gasteiger partial charge in [-0.25, -0.2) is 9.78 Å². The van der Waals surface area contributed by atoms with Gasteiger partial charge in [0.1, 0.15) is 11.5 Å².